The second kappa shape index (κ2) is 6.18. The van der Waals surface area contributed by atoms with Crippen molar-refractivity contribution >= 4 is 27.3 Å². The Labute approximate surface area is 136 Å². The maximum atomic E-state index is 12.6. The molecule has 118 valence electrons. The van der Waals surface area contributed by atoms with E-state index in [9.17, 15) is 8.42 Å². The molecule has 0 spiro atoms. The third kappa shape index (κ3) is 3.36. The fourth-order valence-electron chi connectivity index (χ4n) is 2.53. The average Bonchev–Trinajstić information content (AvgIpc) is 2.36. The van der Waals surface area contributed by atoms with Crippen molar-refractivity contribution in [2.75, 3.05) is 11.8 Å². The molecule has 0 unspecified atom stereocenters. The van der Waals surface area contributed by atoms with Gasteiger partial charge in [0.25, 0.3) is 10.0 Å². The second-order valence-corrected chi connectivity index (χ2v) is 7.21. The van der Waals surface area contributed by atoms with Gasteiger partial charge >= 0.3 is 0 Å². The highest BCUT2D eigenvalue weighted by Gasteiger charge is 2.20. The minimum Gasteiger partial charge on any atom is -0.495 e. The van der Waals surface area contributed by atoms with Crippen LogP contribution < -0.4 is 9.46 Å². The molecule has 0 heterocycles. The molecule has 0 saturated heterocycles. The highest BCUT2D eigenvalue weighted by molar-refractivity contribution is 7.92. The number of hydrogen-bond donors (Lipinski definition) is 1. The summed E-state index contributed by atoms with van der Waals surface area (Å²) in [6.07, 6.45) is 0. The predicted octanol–water partition coefficient (Wildman–Crippen LogP) is 4.07. The lowest BCUT2D eigenvalue weighted by Gasteiger charge is -2.14. The van der Waals surface area contributed by atoms with E-state index >= 15 is 0 Å². The van der Waals surface area contributed by atoms with Crippen LogP contribution in [-0.2, 0) is 10.0 Å². The first kappa shape index (κ1) is 16.6. The van der Waals surface area contributed by atoms with Gasteiger partial charge in [-0.25, -0.2) is 8.42 Å². The van der Waals surface area contributed by atoms with Crippen molar-refractivity contribution in [3.8, 4) is 5.75 Å². The van der Waals surface area contributed by atoms with Gasteiger partial charge in [0, 0.05) is 0 Å². The fraction of sp³-hybridized carbons (Fsp3) is 0.250. The first-order valence-corrected chi connectivity index (χ1v) is 8.55. The van der Waals surface area contributed by atoms with E-state index in [1.54, 1.807) is 26.0 Å². The Morgan fingerprint density at radius 3 is 2.14 bits per heavy atom. The molecule has 2 aromatic carbocycles. The molecule has 0 atom stereocenters. The molecular weight excluding hydrogens is 322 g/mol. The Hall–Kier alpha value is -1.72. The molecule has 0 aromatic heterocycles. The lowest BCUT2D eigenvalue weighted by molar-refractivity contribution is 0.415. The molecule has 0 bridgehead atoms. The molecular formula is C16H18ClNO3S. The molecule has 2 rings (SSSR count). The summed E-state index contributed by atoms with van der Waals surface area (Å²) in [6, 6.07) is 8.46. The van der Waals surface area contributed by atoms with Crippen LogP contribution in [0.1, 0.15) is 16.7 Å². The number of anilines is 1. The van der Waals surface area contributed by atoms with Crippen LogP contribution in [0, 0.1) is 20.8 Å². The standard InChI is InChI=1S/C16H18ClNO3S/c1-10-7-11(2)16(12(3)8-10)22(19,20)18-13-5-6-15(21-4)14(17)9-13/h5-9,18H,1-4H3. The lowest BCUT2D eigenvalue weighted by atomic mass is 10.1. The van der Waals surface area contributed by atoms with E-state index in [0.29, 0.717) is 32.5 Å². The summed E-state index contributed by atoms with van der Waals surface area (Å²) in [5.74, 6) is 0.493. The van der Waals surface area contributed by atoms with Crippen LogP contribution in [-0.4, -0.2) is 15.5 Å². The van der Waals surface area contributed by atoms with Gasteiger partial charge in [-0.1, -0.05) is 29.3 Å². The van der Waals surface area contributed by atoms with Gasteiger partial charge < -0.3 is 4.74 Å². The zero-order valence-electron chi connectivity index (χ0n) is 12.9. The molecule has 1 N–H and O–H groups in total. The molecule has 0 fully saturated rings. The quantitative estimate of drug-likeness (QED) is 0.913. The van der Waals surface area contributed by atoms with E-state index in [2.05, 4.69) is 4.72 Å². The summed E-state index contributed by atoms with van der Waals surface area (Å²) in [4.78, 5) is 0.296. The fourth-order valence-corrected chi connectivity index (χ4v) is 4.29. The van der Waals surface area contributed by atoms with Gasteiger partial charge in [0.05, 0.1) is 22.7 Å². The average molecular weight is 340 g/mol. The Balaban J connectivity index is 2.42. The molecule has 0 radical (unpaired) electrons. The molecule has 0 aliphatic rings. The molecule has 6 heteroatoms. The maximum absolute atomic E-state index is 12.6. The van der Waals surface area contributed by atoms with Crippen molar-refractivity contribution in [3.63, 3.8) is 0 Å². The number of nitrogens with one attached hydrogen (secondary N) is 1. The minimum absolute atomic E-state index is 0.296. The highest BCUT2D eigenvalue weighted by Crippen LogP contribution is 2.29. The van der Waals surface area contributed by atoms with Crippen LogP contribution in [0.4, 0.5) is 5.69 Å². The molecule has 0 aliphatic carbocycles. The van der Waals surface area contributed by atoms with Crippen molar-refractivity contribution < 1.29 is 13.2 Å². The second-order valence-electron chi connectivity index (χ2n) is 5.18. The zero-order valence-corrected chi connectivity index (χ0v) is 14.5. The number of methoxy groups -OCH3 is 1. The normalized spacial score (nSPS) is 11.3. The Kier molecular flexibility index (Phi) is 4.68. The molecule has 0 amide bonds. The number of sulfonamides is 1. The SMILES string of the molecule is COc1ccc(NS(=O)(=O)c2c(C)cc(C)cc2C)cc1Cl. The van der Waals surface area contributed by atoms with Crippen LogP contribution >= 0.6 is 11.6 Å². The Morgan fingerprint density at radius 2 is 1.64 bits per heavy atom. The van der Waals surface area contributed by atoms with Crippen molar-refractivity contribution in [1.29, 1.82) is 0 Å². The summed E-state index contributed by atoms with van der Waals surface area (Å²) >= 11 is 6.03. The Bertz CT molecular complexity index is 793. The molecule has 4 nitrogen and oxygen atoms in total. The zero-order chi connectivity index (χ0) is 16.5. The van der Waals surface area contributed by atoms with Crippen molar-refractivity contribution in [3.05, 3.63) is 52.0 Å². The number of benzene rings is 2. The molecule has 22 heavy (non-hydrogen) atoms. The minimum atomic E-state index is -3.68. The predicted molar refractivity (Wildman–Crippen MR) is 89.5 cm³/mol. The van der Waals surface area contributed by atoms with E-state index < -0.39 is 10.0 Å². The summed E-state index contributed by atoms with van der Waals surface area (Å²) in [6.45, 7) is 5.51. The topological polar surface area (TPSA) is 55.4 Å². The van der Waals surface area contributed by atoms with Gasteiger partial charge in [-0.3, -0.25) is 4.72 Å². The van der Waals surface area contributed by atoms with Gasteiger partial charge in [0.2, 0.25) is 0 Å². The molecule has 2 aromatic rings. The van der Waals surface area contributed by atoms with Crippen molar-refractivity contribution in [2.24, 2.45) is 0 Å². The number of rotatable bonds is 4. The highest BCUT2D eigenvalue weighted by atomic mass is 35.5. The summed E-state index contributed by atoms with van der Waals surface area (Å²) in [7, 11) is -2.17. The number of aryl methyl sites for hydroxylation is 3. The van der Waals surface area contributed by atoms with Crippen molar-refractivity contribution in [2.45, 2.75) is 25.7 Å². The molecule has 0 aliphatic heterocycles. The van der Waals surface area contributed by atoms with E-state index in [0.717, 1.165) is 5.56 Å². The summed E-state index contributed by atoms with van der Waals surface area (Å²) < 4.78 is 32.9. The van der Waals surface area contributed by atoms with E-state index in [1.165, 1.54) is 13.2 Å². The van der Waals surface area contributed by atoms with Gasteiger partial charge in [-0.15, -0.1) is 0 Å². The van der Waals surface area contributed by atoms with Crippen LogP contribution in [0.15, 0.2) is 35.2 Å². The van der Waals surface area contributed by atoms with E-state index in [4.69, 9.17) is 16.3 Å². The van der Waals surface area contributed by atoms with Gasteiger partial charge in [-0.2, -0.15) is 0 Å². The summed E-state index contributed by atoms with van der Waals surface area (Å²) in [5, 5.41) is 0.347. The monoisotopic (exact) mass is 339 g/mol. The van der Waals surface area contributed by atoms with E-state index in [1.807, 2.05) is 19.1 Å². The third-order valence-electron chi connectivity index (χ3n) is 3.28. The summed E-state index contributed by atoms with van der Waals surface area (Å²) in [5.41, 5.74) is 2.85. The largest absolute Gasteiger partial charge is 0.495 e. The first-order chi connectivity index (χ1) is 10.2. The third-order valence-corrected chi connectivity index (χ3v) is 5.26. The van der Waals surface area contributed by atoms with E-state index in [-0.39, 0.29) is 0 Å². The Morgan fingerprint density at radius 1 is 1.05 bits per heavy atom. The smallest absolute Gasteiger partial charge is 0.262 e. The van der Waals surface area contributed by atoms with Gasteiger partial charge in [0.15, 0.2) is 0 Å². The van der Waals surface area contributed by atoms with Gasteiger partial charge in [-0.05, 0) is 50.1 Å². The number of hydrogen-bond acceptors (Lipinski definition) is 3. The van der Waals surface area contributed by atoms with Crippen molar-refractivity contribution in [1.82, 2.24) is 0 Å². The van der Waals surface area contributed by atoms with Crippen LogP contribution in [0.25, 0.3) is 0 Å². The number of halogens is 1. The first-order valence-electron chi connectivity index (χ1n) is 6.69. The van der Waals surface area contributed by atoms with Crippen LogP contribution in [0.5, 0.6) is 5.75 Å². The number of ether oxygens (including phenoxy) is 1. The van der Waals surface area contributed by atoms with Gasteiger partial charge in [0.1, 0.15) is 5.75 Å². The van der Waals surface area contributed by atoms with Crippen LogP contribution in [0.3, 0.4) is 0 Å². The maximum Gasteiger partial charge on any atom is 0.262 e. The molecule has 0 saturated carbocycles. The lowest BCUT2D eigenvalue weighted by Crippen LogP contribution is -2.16. The van der Waals surface area contributed by atoms with Crippen LogP contribution in [0.2, 0.25) is 5.02 Å².